The number of likely N-dealkylation sites (tertiary alicyclic amines) is 1. The molecule has 1 aromatic heterocycles. The summed E-state index contributed by atoms with van der Waals surface area (Å²) in [5, 5.41) is 101. The summed E-state index contributed by atoms with van der Waals surface area (Å²) in [6, 6.07) is -15.9. The Bertz CT molecular complexity index is 3650. The number of H-pyrrole nitrogens is 1. The second kappa shape index (κ2) is 47.4. The Balaban J connectivity index is 1.76. The molecule has 0 unspecified atom stereocenters. The maximum Gasteiger partial charge on any atom is 0.328 e. The normalized spacial score (nSPS) is 17.1. The number of aromatic hydroxyl groups is 1. The number of phenols is 1. The molecule has 114 heavy (non-hydrogen) atoms. The zero-order valence-corrected chi connectivity index (χ0v) is 65.6. The molecular weight excluding hydrogens is 1500 g/mol. The fourth-order valence-corrected chi connectivity index (χ4v) is 11.6. The number of aliphatic hydroxyl groups is 4. The van der Waals surface area contributed by atoms with Crippen LogP contribution in [0.3, 0.4) is 0 Å². The fourth-order valence-electron chi connectivity index (χ4n) is 11.6. The van der Waals surface area contributed by atoms with Crippen molar-refractivity contribution in [3.05, 3.63) is 48.0 Å². The number of aliphatic carboxylic acids is 2. The minimum absolute atomic E-state index is 0.0109. The van der Waals surface area contributed by atoms with Gasteiger partial charge in [0.1, 0.15) is 78.3 Å². The van der Waals surface area contributed by atoms with Gasteiger partial charge >= 0.3 is 11.9 Å². The predicted octanol–water partition coefficient (Wildman–Crippen LogP) is -7.92. The molecule has 43 nitrogen and oxygen atoms in total. The second-order valence-corrected chi connectivity index (χ2v) is 28.9. The average molecular weight is 1620 g/mol. The third-order valence-electron chi connectivity index (χ3n) is 18.2. The summed E-state index contributed by atoms with van der Waals surface area (Å²) in [5.74, 6) is -18.9. The Hall–Kier alpha value is -11.2. The van der Waals surface area contributed by atoms with E-state index in [1.807, 2.05) is 0 Å². The summed E-state index contributed by atoms with van der Waals surface area (Å²) < 4.78 is 0. The molecule has 2 heterocycles. The van der Waals surface area contributed by atoms with Crippen molar-refractivity contribution in [1.82, 2.24) is 84.0 Å². The number of benzene rings is 1. The standard InChI is InChI=1S/C71H114N20O23/c1-12-34(6)53(66(109)89-55(38(10)94)68(111)90-56(39(11)95)70(113)114)87-64(107)46(24-33(4)5)85-62(105)47(26-41-28-75-31-78-41)83-57(100)35(7)79-61(104)45(23-32(2)3)84-63(106)48(27-52(98)99)81-51(97)29-77-60(103)44(15-13-21-76-71(73)74)82-65(108)50-16-14-22-91(50)69(112)49(30-92)86-58(101)36(8)80-67(110)54(37(9)93)88-59(102)43(72)25-40-17-19-42(96)20-18-40/h17-20,28,31-39,43-50,53-56,92-96H,12-16,21-27,29-30,72H2,1-11H3,(H,75,78)(H,77,103)(H,79,104)(H,80,110)(H,81,97)(H,82,108)(H,83,100)(H,84,106)(H,85,105)(H,86,101)(H,87,107)(H,88,102)(H,89,109)(H,90,111)(H,98,99)(H,113,114)(H4,73,74,76)/t34-,35-,36-,37+,38+,39+,43-,44-,45-,46-,47-,48-,49-,50-,53-,54-,55-,56-/m0/s1. The number of guanidine groups is 1. The Kier molecular flexibility index (Phi) is 40.3. The van der Waals surface area contributed by atoms with Gasteiger partial charge in [-0.25, -0.2) is 9.78 Å². The molecule has 2 aromatic rings. The second-order valence-electron chi connectivity index (χ2n) is 28.9. The zero-order chi connectivity index (χ0) is 86.1. The number of phenolic OH excluding ortho intramolecular Hbond substituents is 1. The predicted molar refractivity (Wildman–Crippen MR) is 405 cm³/mol. The molecule has 1 aliphatic rings. The molecule has 14 amide bonds. The number of hydrogen-bond acceptors (Lipinski definition) is 24. The van der Waals surface area contributed by atoms with E-state index >= 15 is 0 Å². The molecule has 0 bridgehead atoms. The zero-order valence-electron chi connectivity index (χ0n) is 65.6. The maximum atomic E-state index is 14.4. The summed E-state index contributed by atoms with van der Waals surface area (Å²) in [6.45, 7) is 13.8. The van der Waals surface area contributed by atoms with Crippen molar-refractivity contribution in [3.8, 4) is 5.75 Å². The summed E-state index contributed by atoms with van der Waals surface area (Å²) in [5.41, 5.74) is 17.9. The Morgan fingerprint density at radius 1 is 0.561 bits per heavy atom. The number of carbonyl (C=O) groups excluding carboxylic acids is 14. The van der Waals surface area contributed by atoms with Gasteiger partial charge in [-0.1, -0.05) is 60.1 Å². The lowest BCUT2D eigenvalue weighted by molar-refractivity contribution is -0.146. The number of aliphatic imine (C=N–C) groups is 1. The molecule has 0 radical (unpaired) electrons. The minimum atomic E-state index is -1.93. The van der Waals surface area contributed by atoms with E-state index < -0.39 is 223 Å². The number of aliphatic hydroxyl groups excluding tert-OH is 4. The molecular formula is C71H114N20O23. The van der Waals surface area contributed by atoms with E-state index in [1.165, 1.54) is 57.6 Å². The summed E-state index contributed by atoms with van der Waals surface area (Å²) >= 11 is 0. The highest BCUT2D eigenvalue weighted by Crippen LogP contribution is 2.21. The summed E-state index contributed by atoms with van der Waals surface area (Å²) in [6.07, 6.45) is -3.31. The third kappa shape index (κ3) is 32.5. The van der Waals surface area contributed by atoms with Crippen molar-refractivity contribution in [1.29, 1.82) is 0 Å². The van der Waals surface area contributed by atoms with Crippen LogP contribution in [-0.2, 0) is 89.6 Å². The third-order valence-corrected chi connectivity index (χ3v) is 18.2. The fraction of sp³-hybridized carbons (Fsp3) is 0.634. The molecule has 636 valence electrons. The number of rotatable bonds is 48. The van der Waals surface area contributed by atoms with Crippen LogP contribution < -0.4 is 86.3 Å². The van der Waals surface area contributed by atoms with Crippen LogP contribution in [0.4, 0.5) is 0 Å². The number of nitrogens with one attached hydrogen (secondary N) is 14. The van der Waals surface area contributed by atoms with E-state index in [2.05, 4.69) is 84.1 Å². The van der Waals surface area contributed by atoms with Gasteiger partial charge in [0, 0.05) is 31.4 Å². The van der Waals surface area contributed by atoms with Crippen LogP contribution in [0.2, 0.25) is 0 Å². The number of carboxylic acid groups (broad SMARTS) is 2. The first-order valence-electron chi connectivity index (χ1n) is 37.3. The first kappa shape index (κ1) is 97.0. The highest BCUT2D eigenvalue weighted by Gasteiger charge is 2.42. The van der Waals surface area contributed by atoms with Crippen molar-refractivity contribution < 1.29 is 112 Å². The van der Waals surface area contributed by atoms with Crippen molar-refractivity contribution in [3.63, 3.8) is 0 Å². The maximum absolute atomic E-state index is 14.4. The van der Waals surface area contributed by atoms with Crippen molar-refractivity contribution in [2.24, 2.45) is 39.9 Å². The average Bonchev–Trinajstić information content (AvgIpc) is 1.65. The first-order valence-corrected chi connectivity index (χ1v) is 37.3. The number of hydrogen-bond donors (Lipinski definition) is 24. The number of imidazole rings is 1. The number of carboxylic acids is 2. The summed E-state index contributed by atoms with van der Waals surface area (Å²) in [4.78, 5) is 229. The number of aromatic amines is 1. The molecule has 0 spiro atoms. The van der Waals surface area contributed by atoms with E-state index in [0.717, 1.165) is 18.7 Å². The van der Waals surface area contributed by atoms with Gasteiger partial charge in [-0.3, -0.25) is 76.9 Å². The van der Waals surface area contributed by atoms with Gasteiger partial charge in [-0.15, -0.1) is 0 Å². The van der Waals surface area contributed by atoms with E-state index in [4.69, 9.17) is 17.2 Å². The van der Waals surface area contributed by atoms with Crippen LogP contribution in [0.25, 0.3) is 0 Å². The topological polar surface area (TPSA) is 693 Å². The van der Waals surface area contributed by atoms with Gasteiger partial charge in [0.25, 0.3) is 0 Å². The molecule has 1 aromatic carbocycles. The molecule has 1 fully saturated rings. The van der Waals surface area contributed by atoms with E-state index in [1.54, 1.807) is 41.5 Å². The molecule has 43 heteroatoms. The van der Waals surface area contributed by atoms with Crippen LogP contribution in [0, 0.1) is 17.8 Å². The van der Waals surface area contributed by atoms with Crippen molar-refractivity contribution in [2.75, 3.05) is 26.2 Å². The van der Waals surface area contributed by atoms with Crippen molar-refractivity contribution in [2.45, 2.75) is 243 Å². The quantitative estimate of drug-likeness (QED) is 0.0166. The molecule has 1 aliphatic heterocycles. The van der Waals surface area contributed by atoms with E-state index in [-0.39, 0.29) is 94.4 Å². The highest BCUT2D eigenvalue weighted by atomic mass is 16.4. The first-order chi connectivity index (χ1) is 53.4. The lowest BCUT2D eigenvalue weighted by Gasteiger charge is -2.30. The largest absolute Gasteiger partial charge is 0.508 e. The lowest BCUT2D eigenvalue weighted by Crippen LogP contribution is -2.62. The SMILES string of the molecule is CC[C@H](C)[C@H](NC(=O)[C@H](CC(C)C)NC(=O)[C@H](Cc1cnc[nH]1)NC(=O)[C@H](C)NC(=O)[C@H](CC(C)C)NC(=O)[C@H](CC(=O)O)NC(=O)CNC(=O)[C@H](CCCN=C(N)N)NC(=O)[C@@H]1CCCN1C(=O)[C@H](CO)NC(=O)[C@H](C)NC(=O)[C@@H](NC(=O)[C@@H](N)Cc1ccc(O)cc1)[C@@H](C)O)C(=O)N[C@H](C(=O)N[C@H](C(=O)O)[C@@H](C)O)[C@@H](C)O. The number of nitrogens with zero attached hydrogens (tertiary/aromatic N) is 3. The highest BCUT2D eigenvalue weighted by molar-refractivity contribution is 6.01. The van der Waals surface area contributed by atoms with Gasteiger partial charge in [0.15, 0.2) is 12.0 Å². The smallest absolute Gasteiger partial charge is 0.328 e. The minimum Gasteiger partial charge on any atom is -0.508 e. The van der Waals surface area contributed by atoms with Gasteiger partial charge < -0.3 is 132 Å². The molecule has 3 rings (SSSR count). The summed E-state index contributed by atoms with van der Waals surface area (Å²) in [7, 11) is 0. The van der Waals surface area contributed by atoms with Crippen LogP contribution in [0.15, 0.2) is 41.8 Å². The van der Waals surface area contributed by atoms with E-state index in [0.29, 0.717) is 11.3 Å². The molecule has 1 saturated heterocycles. The molecule has 0 aliphatic carbocycles. The van der Waals surface area contributed by atoms with Gasteiger partial charge in [-0.05, 0) is 115 Å². The number of nitrogens with two attached hydrogens (primary N) is 3. The number of aromatic nitrogens is 2. The monoisotopic (exact) mass is 1610 g/mol. The number of amides is 14. The molecule has 0 saturated carbocycles. The lowest BCUT2D eigenvalue weighted by atomic mass is 9.96. The Morgan fingerprint density at radius 2 is 1.04 bits per heavy atom. The van der Waals surface area contributed by atoms with Crippen LogP contribution >= 0.6 is 0 Å². The Labute approximate surface area is 658 Å². The number of carbonyl (C=O) groups is 16. The van der Waals surface area contributed by atoms with Crippen LogP contribution in [0.1, 0.15) is 139 Å². The molecule has 27 N–H and O–H groups in total. The van der Waals surface area contributed by atoms with Crippen molar-refractivity contribution >= 4 is 101 Å². The van der Waals surface area contributed by atoms with Crippen LogP contribution in [0.5, 0.6) is 5.75 Å². The van der Waals surface area contributed by atoms with Crippen LogP contribution in [-0.4, -0.2) is 280 Å². The van der Waals surface area contributed by atoms with Gasteiger partial charge in [0.2, 0.25) is 82.7 Å². The van der Waals surface area contributed by atoms with Gasteiger partial charge in [-0.2, -0.15) is 0 Å². The van der Waals surface area contributed by atoms with Gasteiger partial charge in [0.05, 0.1) is 50.3 Å². The molecule has 18 atom stereocenters. The Morgan fingerprint density at radius 3 is 1.54 bits per heavy atom. The van der Waals surface area contributed by atoms with E-state index in [9.17, 15) is 112 Å².